The predicted molar refractivity (Wildman–Crippen MR) is 77.7 cm³/mol. The Hall–Kier alpha value is -1.22. The fourth-order valence-corrected chi connectivity index (χ4v) is 3.16. The molecule has 2 N–H and O–H groups in total. The zero-order valence-electron chi connectivity index (χ0n) is 12.2. The Morgan fingerprint density at radius 2 is 2.00 bits per heavy atom. The molecule has 0 fully saturated rings. The van der Waals surface area contributed by atoms with Crippen LogP contribution in [0.5, 0.6) is 11.5 Å². The standard InChI is InChI=1S/C16H25NO2/c1-4-8-16(9-5-2)11-14(17)13-7-6-12(18-3)10-15(13)19-16/h6-7,10,14H,4-5,8-9,11,17H2,1-3H3/t14-/m0/s1. The molecule has 0 saturated carbocycles. The van der Waals surface area contributed by atoms with E-state index in [2.05, 4.69) is 13.8 Å². The van der Waals surface area contributed by atoms with E-state index in [9.17, 15) is 0 Å². The van der Waals surface area contributed by atoms with Crippen LogP contribution < -0.4 is 15.2 Å². The molecule has 1 aliphatic heterocycles. The van der Waals surface area contributed by atoms with Crippen molar-refractivity contribution < 1.29 is 9.47 Å². The number of ether oxygens (including phenoxy) is 2. The summed E-state index contributed by atoms with van der Waals surface area (Å²) in [5.74, 6) is 1.73. The summed E-state index contributed by atoms with van der Waals surface area (Å²) in [6.07, 6.45) is 5.27. The van der Waals surface area contributed by atoms with Gasteiger partial charge in [0.25, 0.3) is 0 Å². The molecule has 0 spiro atoms. The largest absolute Gasteiger partial charge is 0.497 e. The van der Waals surface area contributed by atoms with Crippen LogP contribution in [0.2, 0.25) is 0 Å². The van der Waals surface area contributed by atoms with Crippen LogP contribution in [0, 0.1) is 0 Å². The van der Waals surface area contributed by atoms with Gasteiger partial charge in [0.05, 0.1) is 7.11 Å². The van der Waals surface area contributed by atoms with Gasteiger partial charge in [0, 0.05) is 24.1 Å². The first-order valence-corrected chi connectivity index (χ1v) is 7.26. The lowest BCUT2D eigenvalue weighted by atomic mass is 9.81. The molecule has 2 rings (SSSR count). The Morgan fingerprint density at radius 3 is 2.58 bits per heavy atom. The van der Waals surface area contributed by atoms with Gasteiger partial charge in [-0.3, -0.25) is 0 Å². The van der Waals surface area contributed by atoms with E-state index >= 15 is 0 Å². The summed E-state index contributed by atoms with van der Waals surface area (Å²) in [5, 5.41) is 0. The second-order valence-corrected chi connectivity index (χ2v) is 5.50. The molecule has 0 amide bonds. The highest BCUT2D eigenvalue weighted by Gasteiger charge is 2.38. The van der Waals surface area contributed by atoms with Crippen LogP contribution in [0.25, 0.3) is 0 Å². The third kappa shape index (κ3) is 2.86. The molecule has 1 aromatic rings. The third-order valence-electron chi connectivity index (χ3n) is 3.95. The molecule has 0 aromatic heterocycles. The molecule has 3 nitrogen and oxygen atoms in total. The van der Waals surface area contributed by atoms with E-state index in [1.54, 1.807) is 7.11 Å². The number of hydrogen-bond donors (Lipinski definition) is 1. The van der Waals surface area contributed by atoms with Crippen molar-refractivity contribution in [3.63, 3.8) is 0 Å². The van der Waals surface area contributed by atoms with Crippen molar-refractivity contribution in [3.8, 4) is 11.5 Å². The van der Waals surface area contributed by atoms with Gasteiger partial charge in [-0.25, -0.2) is 0 Å². The number of nitrogens with two attached hydrogens (primary N) is 1. The Kier molecular flexibility index (Phi) is 4.35. The molecule has 1 atom stereocenters. The van der Waals surface area contributed by atoms with E-state index in [0.717, 1.165) is 49.2 Å². The summed E-state index contributed by atoms with van der Waals surface area (Å²) in [7, 11) is 1.68. The summed E-state index contributed by atoms with van der Waals surface area (Å²) >= 11 is 0. The smallest absolute Gasteiger partial charge is 0.128 e. The molecular weight excluding hydrogens is 238 g/mol. The highest BCUT2D eigenvalue weighted by molar-refractivity contribution is 5.44. The van der Waals surface area contributed by atoms with E-state index in [4.69, 9.17) is 15.2 Å². The van der Waals surface area contributed by atoms with Crippen molar-refractivity contribution >= 4 is 0 Å². The van der Waals surface area contributed by atoms with Gasteiger partial charge < -0.3 is 15.2 Å². The number of hydrogen-bond acceptors (Lipinski definition) is 3. The average molecular weight is 263 g/mol. The van der Waals surface area contributed by atoms with Gasteiger partial charge in [-0.2, -0.15) is 0 Å². The van der Waals surface area contributed by atoms with Gasteiger partial charge in [-0.1, -0.05) is 32.8 Å². The van der Waals surface area contributed by atoms with Crippen LogP contribution in [0.15, 0.2) is 18.2 Å². The van der Waals surface area contributed by atoms with Crippen molar-refractivity contribution in [1.82, 2.24) is 0 Å². The first-order chi connectivity index (χ1) is 9.14. The summed E-state index contributed by atoms with van der Waals surface area (Å²) in [5.41, 5.74) is 7.36. The molecule has 3 heteroatoms. The third-order valence-corrected chi connectivity index (χ3v) is 3.95. The number of fused-ring (bicyclic) bond motifs is 1. The maximum Gasteiger partial charge on any atom is 0.128 e. The van der Waals surface area contributed by atoms with Crippen LogP contribution in [-0.4, -0.2) is 12.7 Å². The van der Waals surface area contributed by atoms with Crippen molar-refractivity contribution in [1.29, 1.82) is 0 Å². The number of benzene rings is 1. The molecule has 1 aromatic carbocycles. The minimum atomic E-state index is -0.0950. The van der Waals surface area contributed by atoms with Crippen LogP contribution in [0.1, 0.15) is 57.6 Å². The van der Waals surface area contributed by atoms with Gasteiger partial charge in [0.2, 0.25) is 0 Å². The first kappa shape index (κ1) is 14.2. The lowest BCUT2D eigenvalue weighted by molar-refractivity contribution is 0.0177. The maximum absolute atomic E-state index is 6.35. The Labute approximate surface area is 116 Å². The SMILES string of the molecule is CCCC1(CCC)C[C@H](N)c2ccc(OC)cc2O1. The molecule has 1 aliphatic rings. The van der Waals surface area contributed by atoms with Gasteiger partial charge in [-0.15, -0.1) is 0 Å². The zero-order chi connectivity index (χ0) is 13.9. The molecule has 1 heterocycles. The van der Waals surface area contributed by atoms with Crippen LogP contribution in [-0.2, 0) is 0 Å². The molecule has 0 unspecified atom stereocenters. The Balaban J connectivity index is 2.34. The second-order valence-electron chi connectivity index (χ2n) is 5.50. The first-order valence-electron chi connectivity index (χ1n) is 7.26. The highest BCUT2D eigenvalue weighted by Crippen LogP contribution is 2.44. The second kappa shape index (κ2) is 5.83. The molecule has 0 bridgehead atoms. The molecule has 106 valence electrons. The quantitative estimate of drug-likeness (QED) is 0.878. The normalized spacial score (nSPS) is 20.5. The van der Waals surface area contributed by atoms with Crippen molar-refractivity contribution in [2.24, 2.45) is 5.73 Å². The molecule has 0 radical (unpaired) electrons. The minimum Gasteiger partial charge on any atom is -0.497 e. The number of rotatable bonds is 5. The predicted octanol–water partition coefficient (Wildman–Crippen LogP) is 3.82. The van der Waals surface area contributed by atoms with Gasteiger partial charge in [0.1, 0.15) is 17.1 Å². The van der Waals surface area contributed by atoms with Crippen molar-refractivity contribution in [2.45, 2.75) is 57.6 Å². The summed E-state index contributed by atoms with van der Waals surface area (Å²) < 4.78 is 11.6. The van der Waals surface area contributed by atoms with Gasteiger partial charge in [-0.05, 0) is 18.9 Å². The van der Waals surface area contributed by atoms with Crippen LogP contribution in [0.4, 0.5) is 0 Å². The zero-order valence-corrected chi connectivity index (χ0v) is 12.2. The maximum atomic E-state index is 6.35. The van der Waals surface area contributed by atoms with Crippen LogP contribution >= 0.6 is 0 Å². The lowest BCUT2D eigenvalue weighted by Crippen LogP contribution is -2.42. The topological polar surface area (TPSA) is 44.5 Å². The van der Waals surface area contributed by atoms with E-state index in [1.807, 2.05) is 18.2 Å². The highest BCUT2D eigenvalue weighted by atomic mass is 16.5. The lowest BCUT2D eigenvalue weighted by Gasteiger charge is -2.41. The molecular formula is C16H25NO2. The summed E-state index contributed by atoms with van der Waals surface area (Å²) in [4.78, 5) is 0. The summed E-state index contributed by atoms with van der Waals surface area (Å²) in [6, 6.07) is 6.01. The van der Waals surface area contributed by atoms with Gasteiger partial charge >= 0.3 is 0 Å². The fourth-order valence-electron chi connectivity index (χ4n) is 3.16. The molecule has 19 heavy (non-hydrogen) atoms. The Morgan fingerprint density at radius 1 is 1.32 bits per heavy atom. The van der Waals surface area contributed by atoms with Gasteiger partial charge in [0.15, 0.2) is 0 Å². The fraction of sp³-hybridized carbons (Fsp3) is 0.625. The van der Waals surface area contributed by atoms with Crippen LogP contribution in [0.3, 0.4) is 0 Å². The minimum absolute atomic E-state index is 0.0627. The van der Waals surface area contributed by atoms with Crippen molar-refractivity contribution in [2.75, 3.05) is 7.11 Å². The monoisotopic (exact) mass is 263 g/mol. The van der Waals surface area contributed by atoms with E-state index in [-0.39, 0.29) is 11.6 Å². The van der Waals surface area contributed by atoms with E-state index < -0.39 is 0 Å². The van der Waals surface area contributed by atoms with E-state index in [0.29, 0.717) is 0 Å². The van der Waals surface area contributed by atoms with E-state index in [1.165, 1.54) is 0 Å². The van der Waals surface area contributed by atoms with Crippen molar-refractivity contribution in [3.05, 3.63) is 23.8 Å². The number of methoxy groups -OCH3 is 1. The summed E-state index contributed by atoms with van der Waals surface area (Å²) in [6.45, 7) is 4.40. The Bertz CT molecular complexity index is 425. The molecule has 0 saturated heterocycles. The average Bonchev–Trinajstić information content (AvgIpc) is 2.38. The molecule has 0 aliphatic carbocycles.